The first-order chi connectivity index (χ1) is 8.95. The van der Waals surface area contributed by atoms with Gasteiger partial charge >= 0.3 is 5.30 Å². The number of hydrogen-bond donors (Lipinski definition) is 3. The minimum Gasteiger partial charge on any atom is -0.453 e. The average Bonchev–Trinajstić information content (AvgIpc) is 2.36. The molecule has 0 aromatic heterocycles. The Hall–Kier alpha value is -2.13. The number of amides is 1. The molecule has 1 amide bonds. The third-order valence-electron chi connectivity index (χ3n) is 2.13. The molecule has 1 aromatic carbocycles. The Balaban J connectivity index is 3.13. The van der Waals surface area contributed by atoms with Crippen LogP contribution in [-0.4, -0.2) is 22.7 Å². The number of rotatable bonds is 5. The number of nitrogens with zero attached hydrogens (tertiary/aromatic N) is 1. The number of benzene rings is 1. The summed E-state index contributed by atoms with van der Waals surface area (Å²) in [5, 5.41) is 12.4. The average molecular weight is 285 g/mol. The van der Waals surface area contributed by atoms with Crippen molar-refractivity contribution in [3.05, 3.63) is 33.9 Å². The zero-order valence-electron chi connectivity index (χ0n) is 9.66. The number of hydrogen-bond acceptors (Lipinski definition) is 6. The van der Waals surface area contributed by atoms with E-state index in [1.165, 1.54) is 18.2 Å². The zero-order valence-corrected chi connectivity index (χ0v) is 10.6. The van der Waals surface area contributed by atoms with Gasteiger partial charge in [-0.3, -0.25) is 14.9 Å². The number of nitrogens with one attached hydrogen (secondary N) is 1. The van der Waals surface area contributed by atoms with E-state index in [-0.39, 0.29) is 30.1 Å². The largest absolute Gasteiger partial charge is 0.453 e. The van der Waals surface area contributed by atoms with Gasteiger partial charge in [0.05, 0.1) is 11.5 Å². The van der Waals surface area contributed by atoms with Crippen molar-refractivity contribution in [3.8, 4) is 0 Å². The molecule has 0 atom stereocenters. The molecule has 9 heteroatoms. The molecule has 0 spiro atoms. The fourth-order valence-electron chi connectivity index (χ4n) is 1.33. The number of ether oxygens (including phenoxy) is 1. The number of thiol groups is 1. The lowest BCUT2D eigenvalue weighted by Gasteiger charge is -2.10. The second kappa shape index (κ2) is 6.71. The Bertz CT molecular complexity index is 520. The molecule has 0 bridgehead atoms. The highest BCUT2D eigenvalue weighted by Gasteiger charge is 2.19. The van der Waals surface area contributed by atoms with E-state index in [1.54, 1.807) is 0 Å². The first-order valence-electron chi connectivity index (χ1n) is 5.07. The van der Waals surface area contributed by atoms with Crippen LogP contribution in [0.15, 0.2) is 18.2 Å². The van der Waals surface area contributed by atoms with Crippen LogP contribution < -0.4 is 11.1 Å². The third-order valence-corrected chi connectivity index (χ3v) is 2.26. The van der Waals surface area contributed by atoms with Crippen LogP contribution >= 0.6 is 12.6 Å². The summed E-state index contributed by atoms with van der Waals surface area (Å²) in [6.07, 6.45) is 0. The molecule has 0 saturated carbocycles. The molecule has 0 heterocycles. The molecule has 0 aliphatic rings. The Morgan fingerprint density at radius 2 is 2.16 bits per heavy atom. The van der Waals surface area contributed by atoms with Gasteiger partial charge in [0.15, 0.2) is 0 Å². The van der Waals surface area contributed by atoms with Crippen LogP contribution in [0, 0.1) is 10.1 Å². The van der Waals surface area contributed by atoms with E-state index >= 15 is 0 Å². The number of anilines is 1. The van der Waals surface area contributed by atoms with Gasteiger partial charge in [-0.2, -0.15) is 0 Å². The van der Waals surface area contributed by atoms with E-state index in [1.807, 2.05) is 0 Å². The van der Waals surface area contributed by atoms with E-state index in [9.17, 15) is 19.7 Å². The summed E-state index contributed by atoms with van der Waals surface area (Å²) < 4.78 is 4.64. The summed E-state index contributed by atoms with van der Waals surface area (Å²) >= 11 is 3.42. The molecule has 1 rings (SSSR count). The molecule has 3 N–H and O–H groups in total. The van der Waals surface area contributed by atoms with Crippen LogP contribution in [-0.2, 0) is 16.1 Å². The van der Waals surface area contributed by atoms with E-state index in [4.69, 9.17) is 5.73 Å². The minimum atomic E-state index is -0.831. The summed E-state index contributed by atoms with van der Waals surface area (Å²) in [6, 6.07) is 4.12. The zero-order chi connectivity index (χ0) is 14.4. The highest BCUT2D eigenvalue weighted by molar-refractivity contribution is 7.96. The standard InChI is InChI=1S/C10H11N3O5S/c11-4-8(14)12-9-6(5-18-10(15)19)2-1-3-7(9)13(16)17/h1-3H,4-5,11H2,(H,12,14)(H,15,19). The van der Waals surface area contributed by atoms with Crippen LogP contribution in [0.5, 0.6) is 0 Å². The third kappa shape index (κ3) is 4.23. The van der Waals surface area contributed by atoms with Gasteiger partial charge in [0.1, 0.15) is 12.3 Å². The van der Waals surface area contributed by atoms with Gasteiger partial charge in [0.2, 0.25) is 5.91 Å². The van der Waals surface area contributed by atoms with E-state index in [2.05, 4.69) is 22.7 Å². The van der Waals surface area contributed by atoms with Gasteiger partial charge in [0, 0.05) is 11.6 Å². The van der Waals surface area contributed by atoms with E-state index < -0.39 is 16.1 Å². The van der Waals surface area contributed by atoms with Crippen LogP contribution in [0.25, 0.3) is 0 Å². The van der Waals surface area contributed by atoms with Gasteiger partial charge in [0.25, 0.3) is 5.69 Å². The Morgan fingerprint density at radius 3 is 2.68 bits per heavy atom. The lowest BCUT2D eigenvalue weighted by Crippen LogP contribution is -2.23. The number of nitrogens with two attached hydrogens (primary N) is 1. The van der Waals surface area contributed by atoms with Crippen molar-refractivity contribution in [1.29, 1.82) is 0 Å². The number of para-hydroxylation sites is 1. The van der Waals surface area contributed by atoms with Gasteiger partial charge in [-0.05, 0) is 0 Å². The monoisotopic (exact) mass is 285 g/mol. The van der Waals surface area contributed by atoms with Crippen molar-refractivity contribution >= 4 is 35.2 Å². The molecule has 19 heavy (non-hydrogen) atoms. The normalized spacial score (nSPS) is 9.79. The van der Waals surface area contributed by atoms with Gasteiger partial charge in [-0.1, -0.05) is 24.8 Å². The van der Waals surface area contributed by atoms with Crippen LogP contribution in [0.4, 0.5) is 16.2 Å². The lowest BCUT2D eigenvalue weighted by atomic mass is 10.1. The van der Waals surface area contributed by atoms with E-state index in [0.717, 1.165) is 0 Å². The molecular formula is C10H11N3O5S. The number of nitro groups is 1. The van der Waals surface area contributed by atoms with Gasteiger partial charge < -0.3 is 15.8 Å². The molecule has 1 aromatic rings. The highest BCUT2D eigenvalue weighted by atomic mass is 32.1. The maximum absolute atomic E-state index is 11.3. The summed E-state index contributed by atoms with van der Waals surface area (Å²) in [5.74, 6) is -0.590. The molecule has 0 radical (unpaired) electrons. The molecule has 0 unspecified atom stereocenters. The van der Waals surface area contributed by atoms with Gasteiger partial charge in [-0.15, -0.1) is 0 Å². The molecule has 102 valence electrons. The first kappa shape index (κ1) is 14.9. The molecule has 0 aliphatic carbocycles. The Morgan fingerprint density at radius 1 is 1.47 bits per heavy atom. The van der Waals surface area contributed by atoms with Crippen LogP contribution in [0.3, 0.4) is 0 Å². The summed E-state index contributed by atoms with van der Waals surface area (Å²) in [6.45, 7) is -0.567. The minimum absolute atomic E-state index is 0.0440. The maximum Gasteiger partial charge on any atom is 0.364 e. The fraction of sp³-hybridized carbons (Fsp3) is 0.200. The van der Waals surface area contributed by atoms with Gasteiger partial charge in [-0.25, -0.2) is 4.79 Å². The lowest BCUT2D eigenvalue weighted by molar-refractivity contribution is -0.384. The van der Waals surface area contributed by atoms with Crippen molar-refractivity contribution in [3.63, 3.8) is 0 Å². The van der Waals surface area contributed by atoms with Crippen molar-refractivity contribution < 1.29 is 19.2 Å². The molecule has 0 aliphatic heterocycles. The predicted octanol–water partition coefficient (Wildman–Crippen LogP) is 1.06. The van der Waals surface area contributed by atoms with Crippen molar-refractivity contribution in [1.82, 2.24) is 0 Å². The number of carbonyl (C=O) groups excluding carboxylic acids is 2. The molecule has 8 nitrogen and oxygen atoms in total. The quantitative estimate of drug-likeness (QED) is 0.321. The summed E-state index contributed by atoms with van der Waals surface area (Å²) in [5.41, 5.74) is 5.06. The fourth-order valence-corrected chi connectivity index (χ4v) is 1.40. The molecular weight excluding hydrogens is 274 g/mol. The summed E-state index contributed by atoms with van der Waals surface area (Å²) in [7, 11) is 0. The first-order valence-corrected chi connectivity index (χ1v) is 5.52. The second-order valence-electron chi connectivity index (χ2n) is 3.38. The second-order valence-corrected chi connectivity index (χ2v) is 3.74. The number of nitro benzene ring substituents is 1. The Kier molecular flexibility index (Phi) is 5.27. The predicted molar refractivity (Wildman–Crippen MR) is 70.0 cm³/mol. The SMILES string of the molecule is NCC(=O)Nc1c(COC(=O)S)cccc1[N+](=O)[O-]. The van der Waals surface area contributed by atoms with Crippen molar-refractivity contribution in [2.75, 3.05) is 11.9 Å². The highest BCUT2D eigenvalue weighted by Crippen LogP contribution is 2.28. The topological polar surface area (TPSA) is 125 Å². The van der Waals surface area contributed by atoms with Crippen molar-refractivity contribution in [2.45, 2.75) is 6.61 Å². The summed E-state index contributed by atoms with van der Waals surface area (Å²) in [4.78, 5) is 32.1. The van der Waals surface area contributed by atoms with Crippen LogP contribution in [0.1, 0.15) is 5.56 Å². The maximum atomic E-state index is 11.3. The Labute approximate surface area is 113 Å². The van der Waals surface area contributed by atoms with E-state index in [0.29, 0.717) is 0 Å². The molecule has 0 saturated heterocycles. The van der Waals surface area contributed by atoms with Crippen molar-refractivity contribution in [2.24, 2.45) is 5.73 Å². The van der Waals surface area contributed by atoms with Crippen LogP contribution in [0.2, 0.25) is 0 Å². The smallest absolute Gasteiger partial charge is 0.364 e. The molecule has 0 fully saturated rings. The number of carbonyl (C=O) groups is 2.